The molecule has 0 amide bonds. The average molecular weight is 485 g/mol. The Morgan fingerprint density at radius 3 is 2.20 bits per heavy atom. The second-order valence-electron chi connectivity index (χ2n) is 15.0. The molecule has 2 aliphatic heterocycles. The van der Waals surface area contributed by atoms with Crippen LogP contribution in [0.3, 0.4) is 0 Å². The van der Waals surface area contributed by atoms with Crippen molar-refractivity contribution in [2.24, 2.45) is 45.3 Å². The summed E-state index contributed by atoms with van der Waals surface area (Å²) < 4.78 is 11.6. The number of Topliss-reactive ketones (excluding diaryl/α,β-unsaturated/α-hetero) is 2. The first-order valence-electron chi connectivity index (χ1n) is 14.1. The molecule has 5 nitrogen and oxygen atoms in total. The zero-order chi connectivity index (χ0) is 25.4. The fourth-order valence-electron chi connectivity index (χ4n) is 11.1. The lowest BCUT2D eigenvalue weighted by Crippen LogP contribution is -2.56. The van der Waals surface area contributed by atoms with E-state index in [4.69, 9.17) is 9.47 Å². The minimum Gasteiger partial charge on any atom is -0.459 e. The highest BCUT2D eigenvalue weighted by Crippen LogP contribution is 2.87. The van der Waals surface area contributed by atoms with Crippen molar-refractivity contribution in [3.05, 3.63) is 0 Å². The predicted molar refractivity (Wildman–Crippen MR) is 131 cm³/mol. The van der Waals surface area contributed by atoms with Crippen molar-refractivity contribution in [2.45, 2.75) is 124 Å². The van der Waals surface area contributed by atoms with Gasteiger partial charge >= 0.3 is 5.97 Å². The van der Waals surface area contributed by atoms with E-state index < -0.39 is 5.60 Å². The van der Waals surface area contributed by atoms with Gasteiger partial charge in [0.2, 0.25) is 0 Å². The van der Waals surface area contributed by atoms with Gasteiger partial charge in [-0.25, -0.2) is 0 Å². The van der Waals surface area contributed by atoms with Gasteiger partial charge in [0.25, 0.3) is 0 Å². The molecule has 35 heavy (non-hydrogen) atoms. The molecule has 2 spiro atoms. The van der Waals surface area contributed by atoms with Gasteiger partial charge in [-0.15, -0.1) is 0 Å². The van der Waals surface area contributed by atoms with Crippen LogP contribution >= 0.6 is 0 Å². The van der Waals surface area contributed by atoms with E-state index in [0.717, 1.165) is 32.1 Å². The molecule has 2 heterocycles. The zero-order valence-corrected chi connectivity index (χ0v) is 22.8. The molecule has 6 fully saturated rings. The monoisotopic (exact) mass is 484 g/mol. The van der Waals surface area contributed by atoms with Crippen molar-refractivity contribution < 1.29 is 23.9 Å². The van der Waals surface area contributed by atoms with E-state index in [1.807, 2.05) is 13.8 Å². The Morgan fingerprint density at radius 1 is 0.914 bits per heavy atom. The summed E-state index contributed by atoms with van der Waals surface area (Å²) in [5, 5.41) is 0. The van der Waals surface area contributed by atoms with E-state index in [1.165, 1.54) is 6.42 Å². The minimum absolute atomic E-state index is 0.0401. The SMILES string of the molecule is C[C@H](CC(=O)[C@H]1OC1(C)C)[C@H]1C(=O)C[C@@]2(C)[C@@H]3CC[C@H]4C(C)(C)OC(=O)CC[C@@]45C[C@@]35CC[C@]12C. The van der Waals surface area contributed by atoms with E-state index in [1.54, 1.807) is 0 Å². The summed E-state index contributed by atoms with van der Waals surface area (Å²) in [7, 11) is 0. The Labute approximate surface area is 210 Å². The quantitative estimate of drug-likeness (QED) is 0.380. The van der Waals surface area contributed by atoms with Gasteiger partial charge in [0.05, 0.1) is 5.60 Å². The molecule has 0 bridgehead atoms. The van der Waals surface area contributed by atoms with Crippen LogP contribution in [-0.2, 0) is 23.9 Å². The summed E-state index contributed by atoms with van der Waals surface area (Å²) in [6.07, 6.45) is 7.84. The van der Waals surface area contributed by atoms with Crippen LogP contribution in [0.2, 0.25) is 0 Å². The Hall–Kier alpha value is -1.23. The second-order valence-corrected chi connectivity index (χ2v) is 15.0. The van der Waals surface area contributed by atoms with Gasteiger partial charge in [-0.3, -0.25) is 14.4 Å². The van der Waals surface area contributed by atoms with Gasteiger partial charge < -0.3 is 9.47 Å². The predicted octanol–water partition coefficient (Wildman–Crippen LogP) is 5.67. The van der Waals surface area contributed by atoms with Gasteiger partial charge in [-0.1, -0.05) is 20.8 Å². The molecule has 5 heteroatoms. The lowest BCUT2D eigenvalue weighted by molar-refractivity contribution is -0.168. The van der Waals surface area contributed by atoms with E-state index in [2.05, 4.69) is 34.6 Å². The first-order chi connectivity index (χ1) is 16.1. The van der Waals surface area contributed by atoms with Gasteiger partial charge in [0.15, 0.2) is 5.78 Å². The molecule has 9 atom stereocenters. The topological polar surface area (TPSA) is 73.0 Å². The summed E-state index contributed by atoms with van der Waals surface area (Å²) in [5.41, 5.74) is -0.449. The highest BCUT2D eigenvalue weighted by atomic mass is 16.6. The molecule has 4 saturated carbocycles. The Morgan fingerprint density at radius 2 is 1.54 bits per heavy atom. The molecule has 6 aliphatic rings. The van der Waals surface area contributed by atoms with E-state index >= 15 is 0 Å². The number of carbonyl (C=O) groups excluding carboxylic acids is 3. The molecule has 0 aromatic carbocycles. The zero-order valence-electron chi connectivity index (χ0n) is 22.8. The minimum atomic E-state index is -0.411. The maximum absolute atomic E-state index is 13.8. The van der Waals surface area contributed by atoms with Crippen LogP contribution in [0.4, 0.5) is 0 Å². The number of carbonyl (C=O) groups is 3. The van der Waals surface area contributed by atoms with Crippen LogP contribution in [-0.4, -0.2) is 34.8 Å². The van der Waals surface area contributed by atoms with Crippen molar-refractivity contribution in [3.8, 4) is 0 Å². The van der Waals surface area contributed by atoms with Gasteiger partial charge in [-0.2, -0.15) is 0 Å². The van der Waals surface area contributed by atoms with Crippen molar-refractivity contribution in [2.75, 3.05) is 0 Å². The number of rotatable bonds is 4. The van der Waals surface area contributed by atoms with Gasteiger partial charge in [-0.05, 0) is 99.7 Å². The molecular formula is C30H44O5. The highest BCUT2D eigenvalue weighted by molar-refractivity contribution is 5.89. The molecule has 0 aromatic heterocycles. The molecule has 2 saturated heterocycles. The lowest BCUT2D eigenvalue weighted by Gasteiger charge is -2.61. The fourth-order valence-corrected chi connectivity index (χ4v) is 11.1. The fraction of sp³-hybridized carbons (Fsp3) is 0.900. The standard InChI is InChI=1S/C30H44O5/c1-17(14-18(31)24-26(4,5)35-24)23-19(32)15-28(7)21-9-8-20-25(2,3)34-22(33)10-11-29(20)16-30(21,29)13-12-27(23,28)6/h17,20-21,23-24H,8-16H2,1-7H3/t17-,20+,21+,23+,24-,27-,28+,29-,30+/m1/s1. The van der Waals surface area contributed by atoms with E-state index in [0.29, 0.717) is 36.9 Å². The summed E-state index contributed by atoms with van der Waals surface area (Å²) in [4.78, 5) is 39.2. The summed E-state index contributed by atoms with van der Waals surface area (Å²) in [5.74, 6) is 1.41. The van der Waals surface area contributed by atoms with Crippen LogP contribution in [0.1, 0.15) is 106 Å². The van der Waals surface area contributed by atoms with E-state index in [9.17, 15) is 14.4 Å². The lowest BCUT2D eigenvalue weighted by atomic mass is 9.43. The van der Waals surface area contributed by atoms with Crippen LogP contribution in [0.25, 0.3) is 0 Å². The first-order valence-corrected chi connectivity index (χ1v) is 14.1. The first kappa shape index (κ1) is 24.1. The van der Waals surface area contributed by atoms with Gasteiger partial charge in [0.1, 0.15) is 17.5 Å². The largest absolute Gasteiger partial charge is 0.459 e. The summed E-state index contributed by atoms with van der Waals surface area (Å²) in [6.45, 7) is 15.1. The highest BCUT2D eigenvalue weighted by Gasteiger charge is 2.82. The molecule has 4 aliphatic carbocycles. The van der Waals surface area contributed by atoms with Crippen molar-refractivity contribution in [3.63, 3.8) is 0 Å². The van der Waals surface area contributed by atoms with E-state index in [-0.39, 0.29) is 57.0 Å². The smallest absolute Gasteiger partial charge is 0.306 e. The molecular weight excluding hydrogens is 440 g/mol. The van der Waals surface area contributed by atoms with Crippen molar-refractivity contribution in [1.29, 1.82) is 0 Å². The third-order valence-electron chi connectivity index (χ3n) is 12.7. The number of ether oxygens (including phenoxy) is 2. The Kier molecular flexibility index (Phi) is 4.68. The number of hydrogen-bond donors (Lipinski definition) is 0. The number of hydrogen-bond acceptors (Lipinski definition) is 5. The number of esters is 1. The Balaban J connectivity index is 1.30. The Bertz CT molecular complexity index is 1010. The summed E-state index contributed by atoms with van der Waals surface area (Å²) in [6, 6.07) is 0. The van der Waals surface area contributed by atoms with Crippen molar-refractivity contribution >= 4 is 17.5 Å². The average Bonchev–Trinajstić information content (AvgIpc) is 3.58. The summed E-state index contributed by atoms with van der Waals surface area (Å²) >= 11 is 0. The van der Waals surface area contributed by atoms with Crippen LogP contribution in [0.15, 0.2) is 0 Å². The maximum atomic E-state index is 13.8. The van der Waals surface area contributed by atoms with Gasteiger partial charge in [0, 0.05) is 31.1 Å². The second kappa shape index (κ2) is 6.79. The van der Waals surface area contributed by atoms with Crippen LogP contribution < -0.4 is 0 Å². The maximum Gasteiger partial charge on any atom is 0.306 e. The number of epoxide rings is 1. The van der Waals surface area contributed by atoms with Crippen molar-refractivity contribution in [1.82, 2.24) is 0 Å². The number of fused-ring (bicyclic) bond motifs is 2. The molecule has 0 N–H and O–H groups in total. The molecule has 0 aromatic rings. The van der Waals surface area contributed by atoms with Crippen LogP contribution in [0.5, 0.6) is 0 Å². The number of cyclic esters (lactones) is 1. The molecule has 6 rings (SSSR count). The molecule has 194 valence electrons. The molecule has 0 radical (unpaired) electrons. The third kappa shape index (κ3) is 2.88. The number of ketones is 2. The third-order valence-corrected chi connectivity index (χ3v) is 12.7. The molecule has 0 unspecified atom stereocenters. The normalized spacial score (nSPS) is 51.6. The van der Waals surface area contributed by atoms with Crippen LogP contribution in [0, 0.1) is 45.3 Å².